The molecule has 1 atom stereocenters. The van der Waals surface area contributed by atoms with Crippen LogP contribution in [0.25, 0.3) is 0 Å². The van der Waals surface area contributed by atoms with Gasteiger partial charge in [-0.15, -0.1) is 11.8 Å². The number of para-hydroxylation sites is 1. The summed E-state index contributed by atoms with van der Waals surface area (Å²) in [4.78, 5) is 18.0. The van der Waals surface area contributed by atoms with E-state index in [-0.39, 0.29) is 18.0 Å². The van der Waals surface area contributed by atoms with Gasteiger partial charge in [0.05, 0.1) is 12.3 Å². The van der Waals surface area contributed by atoms with Crippen molar-refractivity contribution in [1.29, 1.82) is 0 Å². The van der Waals surface area contributed by atoms with E-state index in [1.54, 1.807) is 16.7 Å². The third-order valence-corrected chi connectivity index (χ3v) is 7.56. The van der Waals surface area contributed by atoms with Crippen molar-refractivity contribution in [2.45, 2.75) is 16.6 Å². The van der Waals surface area contributed by atoms with Gasteiger partial charge in [-0.2, -0.15) is 0 Å². The summed E-state index contributed by atoms with van der Waals surface area (Å²) < 4.78 is 22.5. The molecule has 3 aromatic rings. The summed E-state index contributed by atoms with van der Waals surface area (Å²) in [6.45, 7) is 3.20. The van der Waals surface area contributed by atoms with Gasteiger partial charge >= 0.3 is 0 Å². The highest BCUT2D eigenvalue weighted by Crippen LogP contribution is 2.46. The summed E-state index contributed by atoms with van der Waals surface area (Å²) in [6, 6.07) is 21.5. The Kier molecular flexibility index (Phi) is 7.53. The Morgan fingerprint density at radius 2 is 1.69 bits per heavy atom. The second kappa shape index (κ2) is 11.1. The molecule has 0 saturated carbocycles. The molecule has 1 amide bonds. The van der Waals surface area contributed by atoms with Gasteiger partial charge in [0, 0.05) is 31.1 Å². The van der Waals surface area contributed by atoms with Gasteiger partial charge in [0.1, 0.15) is 23.4 Å². The van der Waals surface area contributed by atoms with Gasteiger partial charge in [0.15, 0.2) is 11.5 Å². The van der Waals surface area contributed by atoms with Crippen LogP contribution in [0.3, 0.4) is 0 Å². The summed E-state index contributed by atoms with van der Waals surface area (Å²) in [5.74, 6) is 3.18. The van der Waals surface area contributed by atoms with Crippen LogP contribution in [0.4, 0.5) is 5.69 Å². The lowest BCUT2D eigenvalue weighted by molar-refractivity contribution is -0.118. The third-order valence-electron chi connectivity index (χ3n) is 6.25. The largest absolute Gasteiger partial charge is 0.494 e. The monoisotopic (exact) mass is 506 g/mol. The molecular formula is C28H30N2O5S. The fourth-order valence-electron chi connectivity index (χ4n) is 4.18. The average Bonchev–Trinajstić information content (AvgIpc) is 3.37. The van der Waals surface area contributed by atoms with Crippen LogP contribution in [-0.2, 0) is 4.79 Å². The lowest BCUT2D eigenvalue weighted by Gasteiger charge is -2.31. The summed E-state index contributed by atoms with van der Waals surface area (Å²) in [7, 11) is 3.91. The summed E-state index contributed by atoms with van der Waals surface area (Å²) in [5.41, 5.74) is 1.95. The molecule has 2 heterocycles. The van der Waals surface area contributed by atoms with Gasteiger partial charge in [-0.3, -0.25) is 4.79 Å². The minimum absolute atomic E-state index is 0.0953. The molecule has 0 aromatic heterocycles. The molecule has 5 rings (SSSR count). The molecule has 2 aliphatic rings. The third kappa shape index (κ3) is 5.55. The Bertz CT molecular complexity index is 1200. The number of fused-ring (bicyclic) bond motifs is 2. The lowest BCUT2D eigenvalue weighted by atomic mass is 10.1. The number of benzene rings is 3. The predicted molar refractivity (Wildman–Crippen MR) is 141 cm³/mol. The molecule has 1 unspecified atom stereocenters. The first-order chi connectivity index (χ1) is 17.6. The first kappa shape index (κ1) is 24.3. The van der Waals surface area contributed by atoms with Crippen LogP contribution in [-0.4, -0.2) is 58.0 Å². The zero-order valence-electron chi connectivity index (χ0n) is 20.5. The molecule has 188 valence electrons. The molecule has 3 aromatic carbocycles. The van der Waals surface area contributed by atoms with Crippen LogP contribution in [0.5, 0.6) is 23.0 Å². The van der Waals surface area contributed by atoms with Crippen molar-refractivity contribution in [2.75, 3.05) is 52.1 Å². The quantitative estimate of drug-likeness (QED) is 0.359. The Morgan fingerprint density at radius 3 is 2.56 bits per heavy atom. The topological polar surface area (TPSA) is 60.5 Å². The number of rotatable bonds is 10. The minimum atomic E-state index is -0.243. The predicted octanol–water partition coefficient (Wildman–Crippen LogP) is 5.00. The standard InChI is InChI=1S/C28H30N2O5S/c1-29(15-17-33-22-12-13-24-25(18-22)35-19-34-24)14-5-16-32-21-10-8-20(9-11-21)27-28(31)30(2)23-6-3-4-7-26(23)36-27/h3-4,6-13,18,27H,5,14-17,19H2,1-2H3. The molecule has 2 aliphatic heterocycles. The number of carbonyl (C=O) groups excluding carboxylic acids is 1. The smallest absolute Gasteiger partial charge is 0.244 e. The molecule has 0 radical (unpaired) electrons. The van der Waals surface area contributed by atoms with Crippen molar-refractivity contribution in [3.8, 4) is 23.0 Å². The molecule has 0 fully saturated rings. The number of hydrogen-bond acceptors (Lipinski definition) is 7. The number of hydrogen-bond donors (Lipinski definition) is 0. The number of nitrogens with zero attached hydrogens (tertiary/aromatic N) is 2. The molecule has 36 heavy (non-hydrogen) atoms. The van der Waals surface area contributed by atoms with E-state index in [0.29, 0.717) is 13.2 Å². The Morgan fingerprint density at radius 1 is 0.944 bits per heavy atom. The summed E-state index contributed by atoms with van der Waals surface area (Å²) in [6.07, 6.45) is 0.904. The van der Waals surface area contributed by atoms with Crippen LogP contribution in [0.1, 0.15) is 17.2 Å². The maximum absolute atomic E-state index is 12.9. The second-order valence-electron chi connectivity index (χ2n) is 8.80. The van der Waals surface area contributed by atoms with Crippen molar-refractivity contribution in [3.05, 3.63) is 72.3 Å². The molecular weight excluding hydrogens is 476 g/mol. The Labute approximate surface area is 215 Å². The SMILES string of the molecule is CN(CCCOc1ccc(C2Sc3ccccc3N(C)C2=O)cc1)CCOc1ccc2c(c1)OCO2. The van der Waals surface area contributed by atoms with Gasteiger partial charge in [0.25, 0.3) is 0 Å². The average molecular weight is 507 g/mol. The second-order valence-corrected chi connectivity index (χ2v) is 9.95. The highest BCUT2D eigenvalue weighted by molar-refractivity contribution is 8.00. The lowest BCUT2D eigenvalue weighted by Crippen LogP contribution is -2.33. The molecule has 0 aliphatic carbocycles. The van der Waals surface area contributed by atoms with Gasteiger partial charge in [-0.05, 0) is 55.4 Å². The fraction of sp³-hybridized carbons (Fsp3) is 0.321. The number of thioether (sulfide) groups is 1. The van der Waals surface area contributed by atoms with Crippen LogP contribution < -0.4 is 23.8 Å². The maximum atomic E-state index is 12.9. The van der Waals surface area contributed by atoms with E-state index >= 15 is 0 Å². The van der Waals surface area contributed by atoms with Crippen molar-refractivity contribution < 1.29 is 23.7 Å². The van der Waals surface area contributed by atoms with Gasteiger partial charge in [0.2, 0.25) is 12.7 Å². The van der Waals surface area contributed by atoms with Crippen molar-refractivity contribution in [1.82, 2.24) is 4.90 Å². The van der Waals surface area contributed by atoms with Crippen molar-refractivity contribution in [2.24, 2.45) is 0 Å². The normalized spacial score (nSPS) is 16.2. The van der Waals surface area contributed by atoms with Gasteiger partial charge in [-0.1, -0.05) is 24.3 Å². The Hall–Kier alpha value is -3.36. The van der Waals surface area contributed by atoms with Crippen molar-refractivity contribution >= 4 is 23.4 Å². The number of carbonyl (C=O) groups is 1. The number of ether oxygens (including phenoxy) is 4. The molecule has 0 bridgehead atoms. The molecule has 0 N–H and O–H groups in total. The molecule has 0 spiro atoms. The van der Waals surface area contributed by atoms with Crippen LogP contribution in [0.2, 0.25) is 0 Å². The maximum Gasteiger partial charge on any atom is 0.244 e. The van der Waals surface area contributed by atoms with E-state index in [4.69, 9.17) is 18.9 Å². The first-order valence-corrected chi connectivity index (χ1v) is 12.9. The van der Waals surface area contributed by atoms with E-state index in [0.717, 1.165) is 58.7 Å². The highest BCUT2D eigenvalue weighted by Gasteiger charge is 2.32. The van der Waals surface area contributed by atoms with E-state index in [1.165, 1.54) is 0 Å². The summed E-state index contributed by atoms with van der Waals surface area (Å²) in [5, 5.41) is -0.243. The summed E-state index contributed by atoms with van der Waals surface area (Å²) >= 11 is 1.60. The first-order valence-electron chi connectivity index (χ1n) is 12.1. The minimum Gasteiger partial charge on any atom is -0.494 e. The van der Waals surface area contributed by atoms with Crippen LogP contribution in [0, 0.1) is 0 Å². The van der Waals surface area contributed by atoms with Crippen LogP contribution >= 0.6 is 11.8 Å². The molecule has 7 nitrogen and oxygen atoms in total. The molecule has 0 saturated heterocycles. The number of likely N-dealkylation sites (N-methyl/N-ethyl adjacent to an activating group) is 2. The van der Waals surface area contributed by atoms with E-state index in [9.17, 15) is 4.79 Å². The van der Waals surface area contributed by atoms with E-state index in [1.807, 2.05) is 67.7 Å². The number of amides is 1. The van der Waals surface area contributed by atoms with Gasteiger partial charge < -0.3 is 28.7 Å². The van der Waals surface area contributed by atoms with Crippen LogP contribution in [0.15, 0.2) is 71.6 Å². The van der Waals surface area contributed by atoms with Crippen molar-refractivity contribution in [3.63, 3.8) is 0 Å². The van der Waals surface area contributed by atoms with E-state index in [2.05, 4.69) is 18.0 Å². The zero-order chi connectivity index (χ0) is 24.9. The zero-order valence-corrected chi connectivity index (χ0v) is 21.3. The molecule has 8 heteroatoms. The van der Waals surface area contributed by atoms with Gasteiger partial charge in [-0.25, -0.2) is 0 Å². The number of anilines is 1. The Balaban J connectivity index is 1.03. The van der Waals surface area contributed by atoms with E-state index < -0.39 is 0 Å². The highest BCUT2D eigenvalue weighted by atomic mass is 32.2. The fourth-order valence-corrected chi connectivity index (χ4v) is 5.47.